The first kappa shape index (κ1) is 58.6. The number of allylic oxidation sites excluding steroid dienone is 14. The van der Waals surface area contributed by atoms with E-state index in [2.05, 4.69) is 97.3 Å². The minimum absolute atomic E-state index is 0.00799. The highest BCUT2D eigenvalue weighted by Crippen LogP contribution is 2.43. The van der Waals surface area contributed by atoms with E-state index in [1.54, 1.807) is 0 Å². The molecular weight excluding hydrogens is 784 g/mol. The van der Waals surface area contributed by atoms with Crippen LogP contribution in [-0.2, 0) is 18.4 Å². The van der Waals surface area contributed by atoms with Crippen molar-refractivity contribution in [3.8, 4) is 0 Å². The summed E-state index contributed by atoms with van der Waals surface area (Å²) >= 11 is 0. The zero-order valence-electron chi connectivity index (χ0n) is 39.5. The van der Waals surface area contributed by atoms with Gasteiger partial charge in [0.25, 0.3) is 0 Å². The van der Waals surface area contributed by atoms with E-state index in [9.17, 15) is 24.5 Å². The molecule has 4 N–H and O–H groups in total. The van der Waals surface area contributed by atoms with Gasteiger partial charge in [0, 0.05) is 6.42 Å². The maximum atomic E-state index is 12.9. The lowest BCUT2D eigenvalue weighted by molar-refractivity contribution is -0.870. The van der Waals surface area contributed by atoms with Crippen molar-refractivity contribution in [1.82, 2.24) is 5.32 Å². The maximum absolute atomic E-state index is 12.9. The molecule has 0 saturated heterocycles. The standard InChI is InChI=1S/C51H91N2O7P/c1-6-8-10-12-14-16-18-20-21-22-23-24-25-26-27-28-29-30-31-32-34-36-38-40-42-44-50(55)52-48(47-60-61(57,58)59-46-45-53(3,4)5)51(56)49(54)43-41-39-37-35-33-19-17-15-13-11-9-7-2/h7-10,14-17,20-21,23-24,35,37,48-49,51,54,56H,6,11-13,18-19,22,25-34,36,38-47H2,1-5H3,(H-,52,55,57,58)/p+1/b9-7+,10-8-,16-14-,17-15+,21-20-,24-23-,37-35+. The van der Waals surface area contributed by atoms with E-state index < -0.39 is 32.7 Å². The number of rotatable bonds is 42. The Bertz CT molecular complexity index is 1280. The van der Waals surface area contributed by atoms with Crippen molar-refractivity contribution in [2.45, 2.75) is 193 Å². The molecule has 0 aliphatic rings. The smallest absolute Gasteiger partial charge is 0.390 e. The number of hydrogen-bond donors (Lipinski definition) is 4. The molecule has 0 saturated carbocycles. The molecule has 61 heavy (non-hydrogen) atoms. The summed E-state index contributed by atoms with van der Waals surface area (Å²) in [6.45, 7) is 4.23. The van der Waals surface area contributed by atoms with Crippen LogP contribution in [0.3, 0.4) is 0 Å². The van der Waals surface area contributed by atoms with Crippen LogP contribution in [0.4, 0.5) is 0 Å². The number of likely N-dealkylation sites (N-methyl/N-ethyl adjacent to an activating group) is 1. The number of amides is 1. The Morgan fingerprint density at radius 2 is 1.05 bits per heavy atom. The average molecular weight is 876 g/mol. The van der Waals surface area contributed by atoms with Gasteiger partial charge in [0.05, 0.1) is 39.9 Å². The fraction of sp³-hybridized carbons (Fsp3) is 0.706. The number of nitrogens with one attached hydrogen (secondary N) is 1. The molecule has 10 heteroatoms. The zero-order chi connectivity index (χ0) is 45.1. The molecule has 0 aliphatic carbocycles. The van der Waals surface area contributed by atoms with Crippen molar-refractivity contribution in [3.63, 3.8) is 0 Å². The van der Waals surface area contributed by atoms with Crippen LogP contribution in [0.25, 0.3) is 0 Å². The number of aliphatic hydroxyl groups excluding tert-OH is 2. The van der Waals surface area contributed by atoms with Crippen LogP contribution in [-0.4, -0.2) is 84.6 Å². The second-order valence-electron chi connectivity index (χ2n) is 17.2. The van der Waals surface area contributed by atoms with Crippen LogP contribution in [0.5, 0.6) is 0 Å². The molecule has 0 radical (unpaired) electrons. The average Bonchev–Trinajstić information content (AvgIpc) is 3.21. The Morgan fingerprint density at radius 3 is 1.57 bits per heavy atom. The predicted octanol–water partition coefficient (Wildman–Crippen LogP) is 12.7. The molecule has 352 valence electrons. The summed E-state index contributed by atoms with van der Waals surface area (Å²) < 4.78 is 23.5. The monoisotopic (exact) mass is 876 g/mol. The summed E-state index contributed by atoms with van der Waals surface area (Å²) in [6.07, 6.45) is 53.8. The summed E-state index contributed by atoms with van der Waals surface area (Å²) in [5.41, 5.74) is 0. The van der Waals surface area contributed by atoms with Crippen molar-refractivity contribution in [2.75, 3.05) is 40.9 Å². The summed E-state index contributed by atoms with van der Waals surface area (Å²) in [5.74, 6) is -0.282. The third-order valence-electron chi connectivity index (χ3n) is 10.3. The molecule has 0 fully saturated rings. The van der Waals surface area contributed by atoms with Gasteiger partial charge >= 0.3 is 7.82 Å². The number of quaternary nitrogens is 1. The Hall–Kier alpha value is -2.36. The van der Waals surface area contributed by atoms with Gasteiger partial charge in [-0.05, 0) is 96.8 Å². The predicted molar refractivity (Wildman–Crippen MR) is 259 cm³/mol. The van der Waals surface area contributed by atoms with Crippen molar-refractivity contribution in [2.24, 2.45) is 0 Å². The van der Waals surface area contributed by atoms with E-state index in [1.807, 2.05) is 28.1 Å². The number of phosphoric acid groups is 1. The molecule has 9 nitrogen and oxygen atoms in total. The molecule has 0 aliphatic heterocycles. The van der Waals surface area contributed by atoms with E-state index in [0.717, 1.165) is 77.0 Å². The third kappa shape index (κ3) is 42.7. The van der Waals surface area contributed by atoms with Crippen molar-refractivity contribution in [3.05, 3.63) is 85.1 Å². The fourth-order valence-corrected chi connectivity index (χ4v) is 7.20. The van der Waals surface area contributed by atoms with E-state index in [0.29, 0.717) is 30.3 Å². The Morgan fingerprint density at radius 1 is 0.607 bits per heavy atom. The van der Waals surface area contributed by atoms with E-state index in [4.69, 9.17) is 9.05 Å². The number of carbonyl (C=O) groups excluding carboxylic acids is 1. The van der Waals surface area contributed by atoms with E-state index in [-0.39, 0.29) is 18.9 Å². The normalized spacial score (nSPS) is 15.5. The number of hydrogen-bond acceptors (Lipinski definition) is 6. The van der Waals surface area contributed by atoms with E-state index >= 15 is 0 Å². The first-order chi connectivity index (χ1) is 29.4. The molecule has 4 atom stereocenters. The lowest BCUT2D eigenvalue weighted by Gasteiger charge is -2.28. The van der Waals surface area contributed by atoms with Crippen LogP contribution >= 0.6 is 7.82 Å². The Balaban J connectivity index is 4.37. The largest absolute Gasteiger partial charge is 0.472 e. The minimum atomic E-state index is -4.43. The highest BCUT2D eigenvalue weighted by molar-refractivity contribution is 7.47. The van der Waals surface area contributed by atoms with Gasteiger partial charge in [0.15, 0.2) is 0 Å². The molecule has 0 aromatic carbocycles. The number of nitrogens with zero attached hydrogens (tertiary/aromatic N) is 1. The molecule has 4 unspecified atom stereocenters. The first-order valence-corrected chi connectivity index (χ1v) is 25.5. The summed E-state index contributed by atoms with van der Waals surface area (Å²) in [7, 11) is 1.39. The number of carbonyl (C=O) groups is 1. The molecule has 0 bridgehead atoms. The SMILES string of the molecule is C/C=C/CC/C=C/CC/C=C/CCCC(O)C(O)C(COP(=O)(O)OCC[N+](C)(C)C)NC(=O)CCCCCCCCCCCCCC/C=C\C/C=C\C/C=C\C/C=C\CC. The van der Waals surface area contributed by atoms with Crippen LogP contribution < -0.4 is 5.32 Å². The second kappa shape index (κ2) is 41.6. The highest BCUT2D eigenvalue weighted by atomic mass is 31.2. The van der Waals surface area contributed by atoms with Crippen LogP contribution in [0, 0.1) is 0 Å². The lowest BCUT2D eigenvalue weighted by atomic mass is 10.0. The van der Waals surface area contributed by atoms with Gasteiger partial charge in [0.2, 0.25) is 5.91 Å². The Labute approximate surface area is 374 Å². The van der Waals surface area contributed by atoms with Gasteiger partial charge in [-0.15, -0.1) is 0 Å². The topological polar surface area (TPSA) is 125 Å². The van der Waals surface area contributed by atoms with Gasteiger partial charge in [-0.1, -0.05) is 156 Å². The van der Waals surface area contributed by atoms with E-state index in [1.165, 1.54) is 57.8 Å². The summed E-state index contributed by atoms with van der Waals surface area (Å²) in [4.78, 5) is 23.2. The first-order valence-electron chi connectivity index (χ1n) is 24.0. The van der Waals surface area contributed by atoms with Crippen LogP contribution in [0.1, 0.15) is 174 Å². The number of unbranched alkanes of at least 4 members (excludes halogenated alkanes) is 15. The van der Waals surface area contributed by atoms with Crippen molar-refractivity contribution in [1.29, 1.82) is 0 Å². The lowest BCUT2D eigenvalue weighted by Crippen LogP contribution is -2.51. The van der Waals surface area contributed by atoms with Gasteiger partial charge < -0.3 is 24.9 Å². The number of aliphatic hydroxyl groups is 2. The zero-order valence-corrected chi connectivity index (χ0v) is 40.4. The molecule has 0 aromatic rings. The number of phosphoric ester groups is 1. The van der Waals surface area contributed by atoms with Gasteiger partial charge in [-0.25, -0.2) is 4.57 Å². The third-order valence-corrected chi connectivity index (χ3v) is 11.3. The quantitative estimate of drug-likeness (QED) is 0.0208. The maximum Gasteiger partial charge on any atom is 0.472 e. The molecular formula is C51H92N2O7P+. The minimum Gasteiger partial charge on any atom is -0.390 e. The fourth-order valence-electron chi connectivity index (χ4n) is 6.47. The molecule has 0 spiro atoms. The van der Waals surface area contributed by atoms with Crippen LogP contribution in [0.2, 0.25) is 0 Å². The molecule has 0 aromatic heterocycles. The molecule has 1 amide bonds. The van der Waals surface area contributed by atoms with Gasteiger partial charge in [0.1, 0.15) is 19.3 Å². The second-order valence-corrected chi connectivity index (χ2v) is 18.7. The van der Waals surface area contributed by atoms with Gasteiger partial charge in [-0.3, -0.25) is 13.8 Å². The molecule has 0 heterocycles. The summed E-state index contributed by atoms with van der Waals surface area (Å²) in [5, 5.41) is 24.7. The van der Waals surface area contributed by atoms with Crippen LogP contribution in [0.15, 0.2) is 85.1 Å². The van der Waals surface area contributed by atoms with Crippen molar-refractivity contribution < 1.29 is 38.0 Å². The highest BCUT2D eigenvalue weighted by Gasteiger charge is 2.31. The van der Waals surface area contributed by atoms with Gasteiger partial charge in [-0.2, -0.15) is 0 Å². The van der Waals surface area contributed by atoms with Crippen molar-refractivity contribution >= 4 is 13.7 Å². The molecule has 0 rings (SSSR count). The summed E-state index contributed by atoms with van der Waals surface area (Å²) in [6, 6.07) is -1.06. The Kier molecular flexibility index (Phi) is 40.0.